The third kappa shape index (κ3) is 4.92. The van der Waals surface area contributed by atoms with Crippen LogP contribution in [0.4, 0.5) is 5.13 Å². The van der Waals surface area contributed by atoms with Crippen molar-refractivity contribution in [3.05, 3.63) is 81.3 Å². The zero-order valence-electron chi connectivity index (χ0n) is 13.9. The highest BCUT2D eigenvalue weighted by molar-refractivity contribution is 7.15. The molecule has 0 aliphatic heterocycles. The van der Waals surface area contributed by atoms with E-state index in [0.29, 0.717) is 30.0 Å². The summed E-state index contributed by atoms with van der Waals surface area (Å²) in [6.07, 6.45) is 3.45. The largest absolute Gasteiger partial charge is 0.302 e. The standard InChI is InChI=1S/C20H16ClN3OS/c21-18-4-2-1-3-16(18)11-17-13-23-20(26-17)24-19(25)10-9-14-5-7-15(12-22)8-6-14/h1-8,13H,9-11H2,(H,23,24,25). The second-order valence-corrected chi connectivity index (χ2v) is 7.28. The normalized spacial score (nSPS) is 10.3. The van der Waals surface area contributed by atoms with Gasteiger partial charge in [-0.05, 0) is 35.7 Å². The molecule has 1 heterocycles. The van der Waals surface area contributed by atoms with Crippen LogP contribution in [0.2, 0.25) is 5.02 Å². The molecule has 1 amide bonds. The van der Waals surface area contributed by atoms with Gasteiger partial charge in [0, 0.05) is 28.9 Å². The van der Waals surface area contributed by atoms with Crippen molar-refractivity contribution < 1.29 is 4.79 Å². The third-order valence-corrected chi connectivity index (χ3v) is 5.13. The van der Waals surface area contributed by atoms with Crippen LogP contribution in [0.15, 0.2) is 54.7 Å². The molecular formula is C20H16ClN3OS. The van der Waals surface area contributed by atoms with E-state index in [0.717, 1.165) is 21.0 Å². The first-order valence-corrected chi connectivity index (χ1v) is 9.30. The van der Waals surface area contributed by atoms with E-state index < -0.39 is 0 Å². The molecule has 130 valence electrons. The van der Waals surface area contributed by atoms with Crippen LogP contribution in [0.1, 0.15) is 28.0 Å². The van der Waals surface area contributed by atoms with Gasteiger partial charge in [-0.2, -0.15) is 5.26 Å². The Labute approximate surface area is 161 Å². The molecule has 0 fully saturated rings. The van der Waals surface area contributed by atoms with Gasteiger partial charge >= 0.3 is 0 Å². The molecule has 1 aromatic heterocycles. The number of amides is 1. The zero-order valence-corrected chi connectivity index (χ0v) is 15.5. The lowest BCUT2D eigenvalue weighted by Gasteiger charge is -2.03. The number of benzene rings is 2. The fourth-order valence-electron chi connectivity index (χ4n) is 2.46. The van der Waals surface area contributed by atoms with E-state index in [1.807, 2.05) is 36.4 Å². The summed E-state index contributed by atoms with van der Waals surface area (Å²) in [5, 5.41) is 13.0. The molecule has 0 radical (unpaired) electrons. The van der Waals surface area contributed by atoms with Gasteiger partial charge in [0.15, 0.2) is 5.13 Å². The molecule has 3 aromatic rings. The maximum atomic E-state index is 12.1. The van der Waals surface area contributed by atoms with E-state index >= 15 is 0 Å². The van der Waals surface area contributed by atoms with E-state index in [1.54, 1.807) is 18.3 Å². The fraction of sp³-hybridized carbons (Fsp3) is 0.150. The van der Waals surface area contributed by atoms with Crippen LogP contribution in [0.5, 0.6) is 0 Å². The topological polar surface area (TPSA) is 65.8 Å². The van der Waals surface area contributed by atoms with E-state index in [4.69, 9.17) is 16.9 Å². The molecule has 26 heavy (non-hydrogen) atoms. The van der Waals surface area contributed by atoms with Gasteiger partial charge in [-0.3, -0.25) is 4.79 Å². The van der Waals surface area contributed by atoms with Crippen LogP contribution in [-0.4, -0.2) is 10.9 Å². The Morgan fingerprint density at radius 3 is 2.69 bits per heavy atom. The maximum absolute atomic E-state index is 12.1. The second-order valence-electron chi connectivity index (χ2n) is 5.76. The summed E-state index contributed by atoms with van der Waals surface area (Å²) in [5.74, 6) is -0.0759. The summed E-state index contributed by atoms with van der Waals surface area (Å²) >= 11 is 7.63. The van der Waals surface area contributed by atoms with Crippen LogP contribution >= 0.6 is 22.9 Å². The van der Waals surface area contributed by atoms with Crippen molar-refractivity contribution in [1.82, 2.24) is 4.98 Å². The average molecular weight is 382 g/mol. The van der Waals surface area contributed by atoms with Gasteiger partial charge in [0.25, 0.3) is 0 Å². The molecule has 0 saturated carbocycles. The average Bonchev–Trinajstić information content (AvgIpc) is 3.09. The Kier molecular flexibility index (Phi) is 6.00. The van der Waals surface area contributed by atoms with E-state index in [2.05, 4.69) is 16.4 Å². The van der Waals surface area contributed by atoms with E-state index in [9.17, 15) is 4.79 Å². The number of nitrogens with one attached hydrogen (secondary N) is 1. The highest BCUT2D eigenvalue weighted by Gasteiger charge is 2.09. The van der Waals surface area contributed by atoms with Gasteiger partial charge in [-0.15, -0.1) is 11.3 Å². The Bertz CT molecular complexity index is 944. The maximum Gasteiger partial charge on any atom is 0.226 e. The number of nitrogens with zero attached hydrogens (tertiary/aromatic N) is 2. The molecule has 0 aliphatic rings. The van der Waals surface area contributed by atoms with Crippen LogP contribution < -0.4 is 5.32 Å². The Morgan fingerprint density at radius 1 is 1.19 bits per heavy atom. The molecule has 0 unspecified atom stereocenters. The van der Waals surface area contributed by atoms with Gasteiger partial charge in [-0.1, -0.05) is 41.9 Å². The Hall–Kier alpha value is -2.68. The molecule has 2 aromatic carbocycles. The lowest BCUT2D eigenvalue weighted by molar-refractivity contribution is -0.116. The van der Waals surface area contributed by atoms with E-state index in [-0.39, 0.29) is 5.91 Å². The van der Waals surface area contributed by atoms with Crippen LogP contribution in [-0.2, 0) is 17.6 Å². The SMILES string of the molecule is N#Cc1ccc(CCC(=O)Nc2ncc(Cc3ccccc3Cl)s2)cc1. The number of thiazole rings is 1. The summed E-state index contributed by atoms with van der Waals surface area (Å²) in [6.45, 7) is 0. The number of anilines is 1. The Morgan fingerprint density at radius 2 is 1.96 bits per heavy atom. The minimum Gasteiger partial charge on any atom is -0.302 e. The number of aryl methyl sites for hydroxylation is 1. The summed E-state index contributed by atoms with van der Waals surface area (Å²) in [5.41, 5.74) is 2.68. The molecule has 0 bridgehead atoms. The van der Waals surface area contributed by atoms with Crippen molar-refractivity contribution >= 4 is 34.0 Å². The monoisotopic (exact) mass is 381 g/mol. The molecule has 4 nitrogen and oxygen atoms in total. The van der Waals surface area contributed by atoms with Crippen molar-refractivity contribution in [2.45, 2.75) is 19.3 Å². The lowest BCUT2D eigenvalue weighted by Crippen LogP contribution is -2.11. The number of aromatic nitrogens is 1. The molecule has 3 rings (SSSR count). The molecule has 6 heteroatoms. The fourth-order valence-corrected chi connectivity index (χ4v) is 3.52. The third-order valence-electron chi connectivity index (χ3n) is 3.85. The van der Waals surface area contributed by atoms with Gasteiger partial charge in [-0.25, -0.2) is 4.98 Å². The van der Waals surface area contributed by atoms with Crippen molar-refractivity contribution in [3.8, 4) is 6.07 Å². The number of carbonyl (C=O) groups excluding carboxylic acids is 1. The lowest BCUT2D eigenvalue weighted by atomic mass is 10.1. The smallest absolute Gasteiger partial charge is 0.226 e. The molecule has 0 saturated heterocycles. The predicted octanol–water partition coefficient (Wildman–Crippen LogP) is 4.83. The first-order valence-electron chi connectivity index (χ1n) is 8.11. The summed E-state index contributed by atoms with van der Waals surface area (Å²) < 4.78 is 0. The number of rotatable bonds is 6. The molecular weight excluding hydrogens is 366 g/mol. The van der Waals surface area contributed by atoms with Crippen molar-refractivity contribution in [3.63, 3.8) is 0 Å². The molecule has 0 aliphatic carbocycles. The minimum absolute atomic E-state index is 0.0759. The minimum atomic E-state index is -0.0759. The zero-order chi connectivity index (χ0) is 18.4. The molecule has 0 atom stereocenters. The van der Waals surface area contributed by atoms with Gasteiger partial charge in [0.1, 0.15) is 0 Å². The van der Waals surface area contributed by atoms with Crippen LogP contribution in [0, 0.1) is 11.3 Å². The predicted molar refractivity (Wildman–Crippen MR) is 104 cm³/mol. The quantitative estimate of drug-likeness (QED) is 0.665. The summed E-state index contributed by atoms with van der Waals surface area (Å²) in [7, 11) is 0. The second kappa shape index (κ2) is 8.61. The molecule has 1 N–H and O–H groups in total. The number of nitriles is 1. The first kappa shape index (κ1) is 18.1. The van der Waals surface area contributed by atoms with Crippen molar-refractivity contribution in [2.75, 3.05) is 5.32 Å². The number of carbonyl (C=O) groups is 1. The highest BCUT2D eigenvalue weighted by Crippen LogP contribution is 2.24. The van der Waals surface area contributed by atoms with Crippen molar-refractivity contribution in [2.24, 2.45) is 0 Å². The van der Waals surface area contributed by atoms with Gasteiger partial charge < -0.3 is 5.32 Å². The molecule has 0 spiro atoms. The number of hydrogen-bond acceptors (Lipinski definition) is 4. The number of halogens is 1. The first-order chi connectivity index (χ1) is 12.6. The Balaban J connectivity index is 1.52. The van der Waals surface area contributed by atoms with Crippen LogP contribution in [0.25, 0.3) is 0 Å². The summed E-state index contributed by atoms with van der Waals surface area (Å²) in [4.78, 5) is 17.4. The van der Waals surface area contributed by atoms with E-state index in [1.165, 1.54) is 11.3 Å². The summed E-state index contributed by atoms with van der Waals surface area (Å²) in [6, 6.07) is 17.0. The van der Waals surface area contributed by atoms with Gasteiger partial charge in [0.2, 0.25) is 5.91 Å². The highest BCUT2D eigenvalue weighted by atomic mass is 35.5. The van der Waals surface area contributed by atoms with Crippen molar-refractivity contribution in [1.29, 1.82) is 5.26 Å². The van der Waals surface area contributed by atoms with Crippen LogP contribution in [0.3, 0.4) is 0 Å². The van der Waals surface area contributed by atoms with Gasteiger partial charge in [0.05, 0.1) is 11.6 Å². The number of hydrogen-bond donors (Lipinski definition) is 1.